The van der Waals surface area contributed by atoms with Gasteiger partial charge >= 0.3 is 0 Å². The second-order valence-electron chi connectivity index (χ2n) is 6.08. The number of aromatic nitrogens is 2. The van der Waals surface area contributed by atoms with Gasteiger partial charge in [-0.1, -0.05) is 38.1 Å². The van der Waals surface area contributed by atoms with Crippen LogP contribution in [0.4, 0.5) is 5.69 Å². The van der Waals surface area contributed by atoms with Crippen molar-refractivity contribution < 1.29 is 0 Å². The molecule has 0 bridgehead atoms. The van der Waals surface area contributed by atoms with E-state index >= 15 is 0 Å². The van der Waals surface area contributed by atoms with E-state index < -0.39 is 0 Å². The summed E-state index contributed by atoms with van der Waals surface area (Å²) in [5, 5.41) is 6.57. The van der Waals surface area contributed by atoms with Crippen molar-refractivity contribution in [1.82, 2.24) is 10.2 Å². The average Bonchev–Trinajstić information content (AvgIpc) is 3.08. The average molecular weight is 297 g/mol. The molecule has 3 rings (SSSR count). The summed E-state index contributed by atoms with van der Waals surface area (Å²) in [5.41, 5.74) is 3.88. The summed E-state index contributed by atoms with van der Waals surface area (Å²) in [5.74, 6) is 0.544. The molecule has 1 aliphatic heterocycles. The Morgan fingerprint density at radius 3 is 2.55 bits per heavy atom. The maximum absolute atomic E-state index is 12.3. The van der Waals surface area contributed by atoms with Gasteiger partial charge in [-0.15, -0.1) is 0 Å². The van der Waals surface area contributed by atoms with Gasteiger partial charge in [-0.2, -0.15) is 5.10 Å². The summed E-state index contributed by atoms with van der Waals surface area (Å²) in [4.78, 5) is 14.6. The SMILES string of the molecule is CC[C@H](C)c1ccc(-c2c(N3CCCC3)cn[nH]c2=O)cc1. The number of hydrogen-bond acceptors (Lipinski definition) is 3. The molecule has 1 fully saturated rings. The highest BCUT2D eigenvalue weighted by molar-refractivity contribution is 5.77. The quantitative estimate of drug-likeness (QED) is 0.939. The minimum atomic E-state index is -0.110. The Bertz CT molecular complexity index is 684. The van der Waals surface area contributed by atoms with E-state index in [2.05, 4.69) is 53.2 Å². The number of anilines is 1. The predicted molar refractivity (Wildman–Crippen MR) is 90.4 cm³/mol. The molecule has 4 nitrogen and oxygen atoms in total. The monoisotopic (exact) mass is 297 g/mol. The summed E-state index contributed by atoms with van der Waals surface area (Å²) < 4.78 is 0. The highest BCUT2D eigenvalue weighted by Crippen LogP contribution is 2.30. The molecule has 0 aliphatic carbocycles. The van der Waals surface area contributed by atoms with Crippen LogP contribution in [0, 0.1) is 0 Å². The van der Waals surface area contributed by atoms with Crippen molar-refractivity contribution in [1.29, 1.82) is 0 Å². The molecule has 0 radical (unpaired) electrons. The van der Waals surface area contributed by atoms with Gasteiger partial charge < -0.3 is 4.90 Å². The van der Waals surface area contributed by atoms with Crippen LogP contribution in [0.1, 0.15) is 44.6 Å². The summed E-state index contributed by atoms with van der Waals surface area (Å²) in [7, 11) is 0. The number of rotatable bonds is 4. The molecule has 1 N–H and O–H groups in total. The Balaban J connectivity index is 2.02. The zero-order chi connectivity index (χ0) is 15.5. The van der Waals surface area contributed by atoms with Crippen LogP contribution < -0.4 is 10.5 Å². The molecule has 1 saturated heterocycles. The van der Waals surface area contributed by atoms with Gasteiger partial charge in [0.15, 0.2) is 0 Å². The lowest BCUT2D eigenvalue weighted by molar-refractivity contribution is 0.734. The van der Waals surface area contributed by atoms with E-state index in [1.165, 1.54) is 18.4 Å². The van der Waals surface area contributed by atoms with Gasteiger partial charge in [-0.3, -0.25) is 4.79 Å². The summed E-state index contributed by atoms with van der Waals surface area (Å²) in [6.07, 6.45) is 5.26. The third-order valence-electron chi connectivity index (χ3n) is 4.66. The zero-order valence-corrected chi connectivity index (χ0v) is 13.3. The van der Waals surface area contributed by atoms with E-state index in [4.69, 9.17) is 0 Å². The number of aromatic amines is 1. The molecule has 1 aliphatic rings. The second-order valence-corrected chi connectivity index (χ2v) is 6.08. The van der Waals surface area contributed by atoms with Crippen LogP contribution in [-0.2, 0) is 0 Å². The van der Waals surface area contributed by atoms with Crippen molar-refractivity contribution in [2.24, 2.45) is 0 Å². The highest BCUT2D eigenvalue weighted by Gasteiger charge is 2.19. The molecule has 0 unspecified atom stereocenters. The molecule has 0 amide bonds. The number of benzene rings is 1. The predicted octanol–water partition coefficient (Wildman–Crippen LogP) is 3.55. The smallest absolute Gasteiger partial charge is 0.274 e. The first-order valence-corrected chi connectivity index (χ1v) is 8.13. The maximum atomic E-state index is 12.3. The molecule has 1 aromatic carbocycles. The molecule has 0 saturated carbocycles. The van der Waals surface area contributed by atoms with Crippen molar-refractivity contribution in [2.45, 2.75) is 39.0 Å². The van der Waals surface area contributed by atoms with E-state index in [9.17, 15) is 4.79 Å². The van der Waals surface area contributed by atoms with Crippen LogP contribution in [0.15, 0.2) is 35.3 Å². The fourth-order valence-corrected chi connectivity index (χ4v) is 3.08. The van der Waals surface area contributed by atoms with Crippen molar-refractivity contribution in [3.05, 3.63) is 46.4 Å². The Kier molecular flexibility index (Phi) is 4.27. The van der Waals surface area contributed by atoms with Gasteiger partial charge in [-0.05, 0) is 36.3 Å². The molecule has 0 spiro atoms. The van der Waals surface area contributed by atoms with E-state index in [1.54, 1.807) is 6.20 Å². The minimum absolute atomic E-state index is 0.110. The molecule has 1 aromatic heterocycles. The van der Waals surface area contributed by atoms with Crippen LogP contribution in [0.3, 0.4) is 0 Å². The van der Waals surface area contributed by atoms with Crippen molar-refractivity contribution in [3.8, 4) is 11.1 Å². The Morgan fingerprint density at radius 1 is 1.23 bits per heavy atom. The van der Waals surface area contributed by atoms with E-state index in [0.29, 0.717) is 5.92 Å². The van der Waals surface area contributed by atoms with E-state index in [1.807, 2.05) is 0 Å². The Morgan fingerprint density at radius 2 is 1.91 bits per heavy atom. The molecule has 116 valence electrons. The highest BCUT2D eigenvalue weighted by atomic mass is 16.1. The number of nitrogens with zero attached hydrogens (tertiary/aromatic N) is 2. The first kappa shape index (κ1) is 14.8. The fraction of sp³-hybridized carbons (Fsp3) is 0.444. The van der Waals surface area contributed by atoms with Crippen LogP contribution in [0.5, 0.6) is 0 Å². The van der Waals surface area contributed by atoms with Crippen LogP contribution in [-0.4, -0.2) is 23.3 Å². The lowest BCUT2D eigenvalue weighted by Crippen LogP contribution is -2.23. The molecular weight excluding hydrogens is 274 g/mol. The van der Waals surface area contributed by atoms with E-state index in [0.717, 1.165) is 36.3 Å². The van der Waals surface area contributed by atoms with Gasteiger partial charge in [-0.25, -0.2) is 5.10 Å². The fourth-order valence-electron chi connectivity index (χ4n) is 3.08. The molecule has 4 heteroatoms. The summed E-state index contributed by atoms with van der Waals surface area (Å²) in [6.45, 7) is 6.42. The lowest BCUT2D eigenvalue weighted by Gasteiger charge is -2.20. The van der Waals surface area contributed by atoms with Crippen molar-refractivity contribution in [3.63, 3.8) is 0 Å². The van der Waals surface area contributed by atoms with Gasteiger partial charge in [0.05, 0.1) is 17.4 Å². The molecule has 1 atom stereocenters. The third kappa shape index (κ3) is 2.78. The number of hydrogen-bond donors (Lipinski definition) is 1. The van der Waals surface area contributed by atoms with Gasteiger partial charge in [0.25, 0.3) is 5.56 Å². The Hall–Kier alpha value is -2.10. The van der Waals surface area contributed by atoms with Gasteiger partial charge in [0.1, 0.15) is 0 Å². The Labute approximate surface area is 131 Å². The van der Waals surface area contributed by atoms with E-state index in [-0.39, 0.29) is 5.56 Å². The molecular formula is C18H23N3O. The summed E-state index contributed by atoms with van der Waals surface area (Å²) in [6, 6.07) is 8.39. The molecule has 2 aromatic rings. The van der Waals surface area contributed by atoms with Crippen LogP contribution >= 0.6 is 0 Å². The molecule has 22 heavy (non-hydrogen) atoms. The van der Waals surface area contributed by atoms with Crippen molar-refractivity contribution in [2.75, 3.05) is 18.0 Å². The topological polar surface area (TPSA) is 49.0 Å². The van der Waals surface area contributed by atoms with Crippen LogP contribution in [0.2, 0.25) is 0 Å². The first-order chi connectivity index (χ1) is 10.7. The lowest BCUT2D eigenvalue weighted by atomic mass is 9.96. The van der Waals surface area contributed by atoms with Gasteiger partial charge in [0, 0.05) is 13.1 Å². The molecule has 2 heterocycles. The normalized spacial score (nSPS) is 16.0. The van der Waals surface area contributed by atoms with Crippen LogP contribution in [0.25, 0.3) is 11.1 Å². The summed E-state index contributed by atoms with van der Waals surface area (Å²) >= 11 is 0. The third-order valence-corrected chi connectivity index (χ3v) is 4.66. The van der Waals surface area contributed by atoms with Crippen molar-refractivity contribution >= 4 is 5.69 Å². The standard InChI is InChI=1S/C18H23N3O/c1-3-13(2)14-6-8-15(9-7-14)17-16(12-19-20-18(17)22)21-10-4-5-11-21/h6-9,12-13H,3-5,10-11H2,1-2H3,(H,20,22)/t13-/m0/s1. The minimum Gasteiger partial charge on any atom is -0.370 e. The first-order valence-electron chi connectivity index (χ1n) is 8.13. The second kappa shape index (κ2) is 6.34. The zero-order valence-electron chi connectivity index (χ0n) is 13.3. The maximum Gasteiger partial charge on any atom is 0.274 e. The largest absolute Gasteiger partial charge is 0.370 e. The van der Waals surface area contributed by atoms with Gasteiger partial charge in [0.2, 0.25) is 0 Å². The number of H-pyrrole nitrogens is 1. The number of nitrogens with one attached hydrogen (secondary N) is 1.